The van der Waals surface area contributed by atoms with Gasteiger partial charge in [0.05, 0.1) is 18.7 Å². The minimum atomic E-state index is -4.57. The average molecular weight is 494 g/mol. The zero-order chi connectivity index (χ0) is 26.0. The van der Waals surface area contributed by atoms with E-state index in [0.29, 0.717) is 0 Å². The highest BCUT2D eigenvalue weighted by atomic mass is 19.4. The van der Waals surface area contributed by atoms with Gasteiger partial charge in [-0.1, -0.05) is 24.3 Å². The number of benzene rings is 1. The van der Waals surface area contributed by atoms with Crippen LogP contribution in [0.1, 0.15) is 35.8 Å². The molecule has 0 bridgehead atoms. The monoisotopic (exact) mass is 494 g/mol. The van der Waals surface area contributed by atoms with Crippen LogP contribution in [0.5, 0.6) is 0 Å². The van der Waals surface area contributed by atoms with Crippen LogP contribution in [-0.2, 0) is 25.3 Å². The highest BCUT2D eigenvalue weighted by Gasteiger charge is 2.33. The quantitative estimate of drug-likeness (QED) is 0.280. The Labute approximate surface area is 198 Å². The second kappa shape index (κ2) is 12.4. The molecule has 2 rings (SSSR count). The number of hydrogen-bond donors (Lipinski definition) is 4. The maximum absolute atomic E-state index is 13.3. The second-order valence-corrected chi connectivity index (χ2v) is 7.30. The number of ether oxygens (including phenoxy) is 1. The molecule has 12 heteroatoms. The van der Waals surface area contributed by atoms with Gasteiger partial charge in [-0.15, -0.1) is 0 Å². The van der Waals surface area contributed by atoms with Crippen LogP contribution in [0.2, 0.25) is 0 Å². The highest BCUT2D eigenvalue weighted by molar-refractivity contribution is 5.96. The molecule has 0 saturated heterocycles. The van der Waals surface area contributed by atoms with Gasteiger partial charge in [0, 0.05) is 29.8 Å². The molecule has 0 radical (unpaired) electrons. The Morgan fingerprint density at radius 3 is 2.51 bits per heavy atom. The van der Waals surface area contributed by atoms with Gasteiger partial charge in [-0.05, 0) is 31.5 Å². The van der Waals surface area contributed by atoms with E-state index in [1.807, 2.05) is 0 Å². The summed E-state index contributed by atoms with van der Waals surface area (Å²) in [7, 11) is 0. The molecule has 0 unspecified atom stereocenters. The van der Waals surface area contributed by atoms with Crippen molar-refractivity contribution in [1.82, 2.24) is 15.6 Å². The lowest BCUT2D eigenvalue weighted by molar-refractivity contribution is -0.138. The molecule has 1 aromatic carbocycles. The van der Waals surface area contributed by atoms with Crippen molar-refractivity contribution in [3.8, 4) is 11.3 Å². The van der Waals surface area contributed by atoms with E-state index in [0.717, 1.165) is 12.1 Å². The molecule has 0 fully saturated rings. The van der Waals surface area contributed by atoms with E-state index < -0.39 is 48.0 Å². The summed E-state index contributed by atoms with van der Waals surface area (Å²) in [6.45, 7) is 1.32. The van der Waals surface area contributed by atoms with Gasteiger partial charge in [-0.2, -0.15) is 13.2 Å². The van der Waals surface area contributed by atoms with Crippen molar-refractivity contribution in [3.05, 3.63) is 59.8 Å². The Morgan fingerprint density at radius 2 is 1.86 bits per heavy atom. The number of halogens is 3. The first-order valence-corrected chi connectivity index (χ1v) is 10.6. The molecule has 2 aromatic rings. The Hall–Kier alpha value is -4.09. The van der Waals surface area contributed by atoms with Gasteiger partial charge in [0.25, 0.3) is 5.91 Å². The third-order valence-electron chi connectivity index (χ3n) is 4.66. The summed E-state index contributed by atoms with van der Waals surface area (Å²) < 4.78 is 44.5. The van der Waals surface area contributed by atoms with Crippen LogP contribution in [0.15, 0.2) is 48.6 Å². The van der Waals surface area contributed by atoms with E-state index in [2.05, 4.69) is 15.6 Å². The number of nitrogens with two attached hydrogens (primary N) is 1. The maximum Gasteiger partial charge on any atom is 0.417 e. The van der Waals surface area contributed by atoms with E-state index in [9.17, 15) is 32.3 Å². The number of amides is 3. The Bertz CT molecular complexity index is 1090. The lowest BCUT2D eigenvalue weighted by atomic mass is 10.0. The van der Waals surface area contributed by atoms with Crippen LogP contribution in [0.4, 0.5) is 13.2 Å². The largest absolute Gasteiger partial charge is 0.463 e. The number of carbonyl (C=O) groups excluding carboxylic acids is 4. The molecule has 5 N–H and O–H groups in total. The van der Waals surface area contributed by atoms with Crippen molar-refractivity contribution >= 4 is 23.7 Å². The second-order valence-electron chi connectivity index (χ2n) is 7.30. The van der Waals surface area contributed by atoms with E-state index in [4.69, 9.17) is 10.5 Å². The number of H-pyrrole nitrogens is 1. The number of aromatic amines is 1. The summed E-state index contributed by atoms with van der Waals surface area (Å²) in [5.41, 5.74) is 4.19. The highest BCUT2D eigenvalue weighted by Crippen LogP contribution is 2.36. The van der Waals surface area contributed by atoms with Gasteiger partial charge in [0.1, 0.15) is 5.69 Å². The number of primary amides is 1. The van der Waals surface area contributed by atoms with Gasteiger partial charge in [0.15, 0.2) is 0 Å². The summed E-state index contributed by atoms with van der Waals surface area (Å²) in [4.78, 5) is 49.8. The van der Waals surface area contributed by atoms with Gasteiger partial charge < -0.3 is 26.1 Å². The molecule has 0 saturated carbocycles. The molecular formula is C23H25F3N4O5. The fraction of sp³-hybridized carbons (Fsp3) is 0.304. The number of rotatable bonds is 11. The molecule has 1 atom stereocenters. The van der Waals surface area contributed by atoms with Gasteiger partial charge in [-0.25, -0.2) is 4.79 Å². The van der Waals surface area contributed by atoms with Crippen molar-refractivity contribution in [2.24, 2.45) is 5.73 Å². The van der Waals surface area contributed by atoms with Crippen molar-refractivity contribution in [2.45, 2.75) is 32.0 Å². The van der Waals surface area contributed by atoms with Crippen LogP contribution in [-0.4, -0.2) is 47.9 Å². The summed E-state index contributed by atoms with van der Waals surface area (Å²) in [5.74, 6) is -2.58. The number of aromatic nitrogens is 1. The molecule has 0 aliphatic carbocycles. The third kappa shape index (κ3) is 8.65. The Balaban J connectivity index is 2.00. The lowest BCUT2D eigenvalue weighted by Gasteiger charge is -2.14. The zero-order valence-corrected chi connectivity index (χ0v) is 18.8. The smallest absolute Gasteiger partial charge is 0.417 e. The number of hydrogen-bond acceptors (Lipinski definition) is 5. The van der Waals surface area contributed by atoms with Crippen LogP contribution in [0.3, 0.4) is 0 Å². The first-order valence-electron chi connectivity index (χ1n) is 10.6. The molecule has 0 aliphatic heterocycles. The molecule has 35 heavy (non-hydrogen) atoms. The molecule has 0 aliphatic rings. The average Bonchev–Trinajstić information content (AvgIpc) is 3.29. The van der Waals surface area contributed by atoms with E-state index in [1.165, 1.54) is 36.4 Å². The molecule has 3 amide bonds. The number of nitrogens with one attached hydrogen (secondary N) is 3. The SMILES string of the molecule is CCOC(=O)C=C[C@H](CCC(N)=O)NC(=O)CNC(=O)c1ccc(-c2ccccc2C(F)(F)F)[nH]1. The molecule has 0 spiro atoms. The first kappa shape index (κ1) is 27.2. The van der Waals surface area contributed by atoms with E-state index >= 15 is 0 Å². The minimum Gasteiger partial charge on any atom is -0.463 e. The van der Waals surface area contributed by atoms with Crippen molar-refractivity contribution in [1.29, 1.82) is 0 Å². The molecule has 1 aromatic heterocycles. The fourth-order valence-corrected chi connectivity index (χ4v) is 3.06. The van der Waals surface area contributed by atoms with Crippen LogP contribution >= 0.6 is 0 Å². The van der Waals surface area contributed by atoms with Crippen LogP contribution in [0.25, 0.3) is 11.3 Å². The third-order valence-corrected chi connectivity index (χ3v) is 4.66. The first-order chi connectivity index (χ1) is 16.5. The molecular weight excluding hydrogens is 469 g/mol. The van der Waals surface area contributed by atoms with E-state index in [-0.39, 0.29) is 36.4 Å². The predicted octanol–water partition coefficient (Wildman–Crippen LogP) is 2.30. The van der Waals surface area contributed by atoms with Crippen molar-refractivity contribution in [2.75, 3.05) is 13.2 Å². The lowest BCUT2D eigenvalue weighted by Crippen LogP contribution is -2.41. The van der Waals surface area contributed by atoms with Gasteiger partial charge in [0.2, 0.25) is 11.8 Å². The maximum atomic E-state index is 13.3. The topological polar surface area (TPSA) is 143 Å². The summed E-state index contributed by atoms with van der Waals surface area (Å²) in [6, 6.07) is 6.83. The zero-order valence-electron chi connectivity index (χ0n) is 18.8. The Kier molecular flexibility index (Phi) is 9.62. The van der Waals surface area contributed by atoms with Gasteiger partial charge >= 0.3 is 12.1 Å². The van der Waals surface area contributed by atoms with Crippen LogP contribution in [0, 0.1) is 0 Å². The number of alkyl halides is 3. The van der Waals surface area contributed by atoms with Crippen LogP contribution < -0.4 is 16.4 Å². The summed E-state index contributed by atoms with van der Waals surface area (Å²) in [5, 5.41) is 4.89. The molecule has 188 valence electrons. The molecule has 1 heterocycles. The normalized spacial score (nSPS) is 12.2. The van der Waals surface area contributed by atoms with Crippen molar-refractivity contribution in [3.63, 3.8) is 0 Å². The fourth-order valence-electron chi connectivity index (χ4n) is 3.06. The predicted molar refractivity (Wildman–Crippen MR) is 120 cm³/mol. The van der Waals surface area contributed by atoms with Crippen molar-refractivity contribution < 1.29 is 37.1 Å². The van der Waals surface area contributed by atoms with E-state index in [1.54, 1.807) is 6.92 Å². The van der Waals surface area contributed by atoms with Gasteiger partial charge in [-0.3, -0.25) is 14.4 Å². The minimum absolute atomic E-state index is 0.0442. The summed E-state index contributed by atoms with van der Waals surface area (Å²) in [6.07, 6.45) is -2.07. The summed E-state index contributed by atoms with van der Waals surface area (Å²) >= 11 is 0. The number of carbonyl (C=O) groups is 4. The Morgan fingerprint density at radius 1 is 1.14 bits per heavy atom. The molecule has 9 nitrogen and oxygen atoms in total. The standard InChI is InChI=1S/C23H25F3N4O5/c1-2-35-21(33)12-8-14(7-11-19(27)31)29-20(32)13-28-22(34)18-10-9-17(30-18)15-5-3-4-6-16(15)23(24,25)26/h3-6,8-10,12,14,30H,2,7,11,13H2,1H3,(H2,27,31)(H,28,34)(H,29,32)/t14-/m0/s1. The number of esters is 1.